The molecule has 18 heavy (non-hydrogen) atoms. The summed E-state index contributed by atoms with van der Waals surface area (Å²) in [6.45, 7) is 3.32. The van der Waals surface area contributed by atoms with Gasteiger partial charge in [0.1, 0.15) is 5.41 Å². The minimum Gasteiger partial charge on any atom is -0.409 e. The molecule has 1 aliphatic rings. The Morgan fingerprint density at radius 1 is 1.44 bits per heavy atom. The van der Waals surface area contributed by atoms with E-state index in [0.29, 0.717) is 5.25 Å². The van der Waals surface area contributed by atoms with Crippen molar-refractivity contribution >= 4 is 23.5 Å². The smallest absolute Gasteiger partial charge is 0.233 e. The van der Waals surface area contributed by atoms with E-state index in [-0.39, 0.29) is 17.8 Å². The molecule has 1 fully saturated rings. The number of nitrogens with zero attached hydrogens (tertiary/aromatic N) is 1. The number of carbonyl (C=O) groups excluding carboxylic acids is 1. The Bertz CT molecular complexity index is 331. The Balaban J connectivity index is 2.68. The van der Waals surface area contributed by atoms with Gasteiger partial charge in [-0.25, -0.2) is 0 Å². The van der Waals surface area contributed by atoms with Crippen molar-refractivity contribution in [1.82, 2.24) is 5.32 Å². The van der Waals surface area contributed by atoms with Gasteiger partial charge < -0.3 is 16.3 Å². The minimum atomic E-state index is -0.977. The third-order valence-electron chi connectivity index (χ3n) is 3.64. The molecule has 1 rings (SSSR count). The third kappa shape index (κ3) is 3.31. The molecule has 0 radical (unpaired) electrons. The van der Waals surface area contributed by atoms with E-state index in [4.69, 9.17) is 10.9 Å². The Kier molecular flexibility index (Phi) is 5.31. The topological polar surface area (TPSA) is 87.7 Å². The highest BCUT2D eigenvalue weighted by Gasteiger charge is 2.36. The first-order chi connectivity index (χ1) is 8.43. The highest BCUT2D eigenvalue weighted by molar-refractivity contribution is 7.99. The van der Waals surface area contributed by atoms with Gasteiger partial charge in [-0.3, -0.25) is 4.79 Å². The van der Waals surface area contributed by atoms with Crippen LogP contribution in [0.25, 0.3) is 0 Å². The third-order valence-corrected chi connectivity index (χ3v) is 4.81. The summed E-state index contributed by atoms with van der Waals surface area (Å²) in [6.07, 6.45) is 6.58. The average molecular weight is 273 g/mol. The fourth-order valence-corrected chi connectivity index (χ4v) is 3.07. The summed E-state index contributed by atoms with van der Waals surface area (Å²) in [4.78, 5) is 12.2. The maximum absolute atomic E-state index is 12.2. The van der Waals surface area contributed by atoms with E-state index in [9.17, 15) is 4.79 Å². The molecule has 1 amide bonds. The number of carbonyl (C=O) groups is 1. The first kappa shape index (κ1) is 15.1. The first-order valence-corrected chi connectivity index (χ1v) is 7.54. The molecule has 104 valence electrons. The van der Waals surface area contributed by atoms with Crippen molar-refractivity contribution < 1.29 is 10.0 Å². The van der Waals surface area contributed by atoms with E-state index in [2.05, 4.69) is 16.7 Å². The van der Waals surface area contributed by atoms with Gasteiger partial charge in [-0.2, -0.15) is 11.8 Å². The summed E-state index contributed by atoms with van der Waals surface area (Å²) < 4.78 is 0. The predicted molar refractivity (Wildman–Crippen MR) is 74.9 cm³/mol. The zero-order valence-corrected chi connectivity index (χ0v) is 12.1. The van der Waals surface area contributed by atoms with Gasteiger partial charge >= 0.3 is 0 Å². The lowest BCUT2D eigenvalue weighted by atomic mass is 9.88. The summed E-state index contributed by atoms with van der Waals surface area (Å²) in [7, 11) is 0. The van der Waals surface area contributed by atoms with Gasteiger partial charge in [-0.05, 0) is 32.9 Å². The maximum Gasteiger partial charge on any atom is 0.233 e. The lowest BCUT2D eigenvalue weighted by Crippen LogP contribution is -2.52. The Labute approximate surface area is 113 Å². The number of oxime groups is 1. The predicted octanol–water partition coefficient (Wildman–Crippen LogP) is 1.55. The second-order valence-corrected chi connectivity index (χ2v) is 6.33. The highest BCUT2D eigenvalue weighted by Crippen LogP contribution is 2.28. The Hall–Kier alpha value is -0.910. The maximum atomic E-state index is 12.2. The van der Waals surface area contributed by atoms with Crippen molar-refractivity contribution in [3.8, 4) is 0 Å². The largest absolute Gasteiger partial charge is 0.409 e. The normalized spacial score (nSPS) is 25.8. The number of rotatable bonds is 4. The van der Waals surface area contributed by atoms with Crippen LogP contribution < -0.4 is 11.1 Å². The Morgan fingerprint density at radius 3 is 2.61 bits per heavy atom. The van der Waals surface area contributed by atoms with Gasteiger partial charge in [0, 0.05) is 11.3 Å². The number of amides is 1. The molecule has 0 aromatic carbocycles. The molecular formula is C12H23N3O2S. The van der Waals surface area contributed by atoms with Crippen molar-refractivity contribution in [2.75, 3.05) is 6.26 Å². The van der Waals surface area contributed by atoms with E-state index < -0.39 is 5.41 Å². The number of thioether (sulfide) groups is 1. The van der Waals surface area contributed by atoms with Crippen LogP contribution >= 0.6 is 11.8 Å². The summed E-state index contributed by atoms with van der Waals surface area (Å²) in [6, 6.07) is 0.187. The molecule has 1 saturated carbocycles. The molecule has 2 atom stereocenters. The van der Waals surface area contributed by atoms with Crippen LogP contribution in [-0.4, -0.2) is 34.5 Å². The molecular weight excluding hydrogens is 250 g/mol. The van der Waals surface area contributed by atoms with Gasteiger partial charge in [0.2, 0.25) is 5.91 Å². The van der Waals surface area contributed by atoms with Gasteiger partial charge in [0.25, 0.3) is 0 Å². The molecule has 0 aliphatic heterocycles. The molecule has 0 aromatic heterocycles. The SMILES string of the molecule is CSC1CCCCC1NC(=O)C(C)(C)C(N)=NO. The van der Waals surface area contributed by atoms with Crippen LogP contribution in [0.4, 0.5) is 0 Å². The van der Waals surface area contributed by atoms with Crippen LogP contribution in [0.1, 0.15) is 39.5 Å². The molecule has 6 heteroatoms. The number of nitrogens with two attached hydrogens (primary N) is 1. The minimum absolute atomic E-state index is 0.0588. The standard InChI is InChI=1S/C12H23N3O2S/c1-12(2,10(13)15-17)11(16)14-8-6-4-5-7-9(8)18-3/h8-9,17H,4-7H2,1-3H3,(H2,13,15)(H,14,16). The molecule has 0 saturated heterocycles. The van der Waals surface area contributed by atoms with Crippen LogP contribution in [0.15, 0.2) is 5.16 Å². The van der Waals surface area contributed by atoms with E-state index in [1.165, 1.54) is 6.42 Å². The molecule has 4 N–H and O–H groups in total. The van der Waals surface area contributed by atoms with E-state index in [0.717, 1.165) is 19.3 Å². The van der Waals surface area contributed by atoms with Gasteiger partial charge in [0.15, 0.2) is 5.84 Å². The molecule has 0 heterocycles. The van der Waals surface area contributed by atoms with Crippen molar-refractivity contribution in [3.63, 3.8) is 0 Å². The molecule has 5 nitrogen and oxygen atoms in total. The number of amidine groups is 1. The average Bonchev–Trinajstić information content (AvgIpc) is 2.38. The van der Waals surface area contributed by atoms with Crippen molar-refractivity contribution in [3.05, 3.63) is 0 Å². The van der Waals surface area contributed by atoms with Crippen molar-refractivity contribution in [1.29, 1.82) is 0 Å². The van der Waals surface area contributed by atoms with Gasteiger partial charge in [0.05, 0.1) is 0 Å². The lowest BCUT2D eigenvalue weighted by molar-refractivity contribution is -0.127. The van der Waals surface area contributed by atoms with E-state index in [1.807, 2.05) is 0 Å². The molecule has 0 bridgehead atoms. The summed E-state index contributed by atoms with van der Waals surface area (Å²) in [5.41, 5.74) is 4.58. The fourth-order valence-electron chi connectivity index (χ4n) is 2.13. The van der Waals surface area contributed by atoms with E-state index >= 15 is 0 Å². The zero-order chi connectivity index (χ0) is 13.8. The monoisotopic (exact) mass is 273 g/mol. The van der Waals surface area contributed by atoms with Crippen LogP contribution in [0.2, 0.25) is 0 Å². The summed E-state index contributed by atoms with van der Waals surface area (Å²) in [5.74, 6) is -0.236. The number of hydrogen-bond donors (Lipinski definition) is 3. The van der Waals surface area contributed by atoms with E-state index in [1.54, 1.807) is 25.6 Å². The van der Waals surface area contributed by atoms with Crippen LogP contribution in [-0.2, 0) is 4.79 Å². The van der Waals surface area contributed by atoms with Crippen molar-refractivity contribution in [2.45, 2.75) is 50.8 Å². The summed E-state index contributed by atoms with van der Waals surface area (Å²) >= 11 is 1.80. The first-order valence-electron chi connectivity index (χ1n) is 6.25. The highest BCUT2D eigenvalue weighted by atomic mass is 32.2. The Morgan fingerprint density at radius 2 is 2.06 bits per heavy atom. The van der Waals surface area contributed by atoms with Gasteiger partial charge in [-0.1, -0.05) is 18.0 Å². The number of nitrogens with one attached hydrogen (secondary N) is 1. The molecule has 0 aromatic rings. The van der Waals surface area contributed by atoms with Crippen LogP contribution in [0.3, 0.4) is 0 Å². The lowest BCUT2D eigenvalue weighted by Gasteiger charge is -2.33. The summed E-state index contributed by atoms with van der Waals surface area (Å²) in [5, 5.41) is 15.2. The molecule has 2 unspecified atom stereocenters. The molecule has 1 aliphatic carbocycles. The van der Waals surface area contributed by atoms with Crippen LogP contribution in [0, 0.1) is 5.41 Å². The fraction of sp³-hybridized carbons (Fsp3) is 0.833. The quantitative estimate of drug-likeness (QED) is 0.314. The van der Waals surface area contributed by atoms with Gasteiger partial charge in [-0.15, -0.1) is 0 Å². The second-order valence-electron chi connectivity index (χ2n) is 5.25. The number of hydrogen-bond acceptors (Lipinski definition) is 4. The second kappa shape index (κ2) is 6.31. The zero-order valence-electron chi connectivity index (χ0n) is 11.3. The van der Waals surface area contributed by atoms with Crippen molar-refractivity contribution in [2.24, 2.45) is 16.3 Å². The van der Waals surface area contributed by atoms with Crippen LogP contribution in [0.5, 0.6) is 0 Å². The molecule has 0 spiro atoms.